The molecule has 0 aliphatic carbocycles. The Balaban J connectivity index is 0.993. The molecule has 0 N–H and O–H groups in total. The van der Waals surface area contributed by atoms with E-state index in [1.165, 1.54) is 114 Å². The molecule has 4 heterocycles. The highest BCUT2D eigenvalue weighted by Crippen LogP contribution is 2.46. The Bertz CT molecular complexity index is 4140. The predicted molar refractivity (Wildman–Crippen MR) is 273 cm³/mol. The highest BCUT2D eigenvalue weighted by Gasteiger charge is 2.21. The summed E-state index contributed by atoms with van der Waals surface area (Å²) in [5.41, 5.74) is 15.7. The fraction of sp³-hybridized carbons (Fsp3) is 0. The van der Waals surface area contributed by atoms with Gasteiger partial charge in [-0.25, -0.2) is 0 Å². The van der Waals surface area contributed by atoms with E-state index >= 15 is 0 Å². The maximum atomic E-state index is 2.52. The summed E-state index contributed by atoms with van der Waals surface area (Å²) in [6.45, 7) is 0. The number of rotatable bonds is 5. The number of hydrogen-bond acceptors (Lipinski definition) is 1. The van der Waals surface area contributed by atoms with Crippen LogP contribution in [0.1, 0.15) is 0 Å². The number of para-hydroxylation sites is 4. The van der Waals surface area contributed by atoms with Crippen molar-refractivity contribution in [3.8, 4) is 39.3 Å². The Morgan fingerprint density at radius 2 is 0.766 bits per heavy atom. The molecule has 64 heavy (non-hydrogen) atoms. The molecule has 0 fully saturated rings. The van der Waals surface area contributed by atoms with Crippen molar-refractivity contribution in [2.24, 2.45) is 0 Å². The second kappa shape index (κ2) is 13.7. The van der Waals surface area contributed by atoms with Crippen LogP contribution >= 0.6 is 11.3 Å². The fourth-order valence-corrected chi connectivity index (χ4v) is 12.0. The van der Waals surface area contributed by atoms with Crippen molar-refractivity contribution in [1.82, 2.24) is 13.7 Å². The molecule has 0 atom stereocenters. The van der Waals surface area contributed by atoms with E-state index in [4.69, 9.17) is 0 Å². The molecule has 3 nitrogen and oxygen atoms in total. The zero-order valence-corrected chi connectivity index (χ0v) is 35.4. The quantitative estimate of drug-likeness (QED) is 0.164. The summed E-state index contributed by atoms with van der Waals surface area (Å²) in [5.74, 6) is 0. The van der Waals surface area contributed by atoms with E-state index in [1.54, 1.807) is 0 Å². The van der Waals surface area contributed by atoms with E-state index in [9.17, 15) is 0 Å². The minimum atomic E-state index is 1.13. The molecule has 0 saturated carbocycles. The summed E-state index contributed by atoms with van der Waals surface area (Å²) in [4.78, 5) is 0. The topological polar surface area (TPSA) is 14.8 Å². The molecule has 4 heteroatoms. The number of benzene rings is 10. The molecule has 14 aromatic rings. The Morgan fingerprint density at radius 3 is 1.45 bits per heavy atom. The van der Waals surface area contributed by atoms with E-state index in [2.05, 4.69) is 238 Å². The van der Waals surface area contributed by atoms with Gasteiger partial charge in [0.2, 0.25) is 0 Å². The van der Waals surface area contributed by atoms with Crippen molar-refractivity contribution in [3.63, 3.8) is 0 Å². The van der Waals surface area contributed by atoms with Crippen LogP contribution in [0.3, 0.4) is 0 Å². The zero-order valence-electron chi connectivity index (χ0n) is 34.6. The van der Waals surface area contributed by atoms with Crippen LogP contribution < -0.4 is 0 Å². The lowest BCUT2D eigenvalue weighted by Gasteiger charge is -2.13. The third-order valence-electron chi connectivity index (χ3n) is 13.5. The predicted octanol–water partition coefficient (Wildman–Crippen LogP) is 16.7. The molecular weight excluding hydrogens is 795 g/mol. The zero-order chi connectivity index (χ0) is 41.9. The number of hydrogen-bond donors (Lipinski definition) is 0. The van der Waals surface area contributed by atoms with Crippen LogP contribution in [0.2, 0.25) is 0 Å². The largest absolute Gasteiger partial charge is 0.309 e. The third-order valence-corrected chi connectivity index (χ3v) is 14.7. The van der Waals surface area contributed by atoms with Gasteiger partial charge in [0, 0.05) is 69.4 Å². The van der Waals surface area contributed by atoms with E-state index in [1.807, 2.05) is 11.3 Å². The first-order valence-electron chi connectivity index (χ1n) is 21.9. The first kappa shape index (κ1) is 35.4. The standard InChI is InChI=1S/C60H37N3S/c1-2-16-38(17-3-1)41-18-4-5-19-42(41)48-24-14-25-49-59-56(30-15-31-58(59)64-60(48)49)63-54-29-13-8-22-45(54)47-34-32-40(37-57(47)63)62-53-28-12-9-23-46(53)50-36-39(33-35-55(50)62)61-51-26-10-6-20-43(51)44-21-7-11-27-52(44)61/h1-37H. The molecule has 0 saturated heterocycles. The maximum Gasteiger partial charge on any atom is 0.0562 e. The first-order chi connectivity index (χ1) is 31.8. The summed E-state index contributed by atoms with van der Waals surface area (Å²) in [6.07, 6.45) is 0. The lowest BCUT2D eigenvalue weighted by molar-refractivity contribution is 1.16. The van der Waals surface area contributed by atoms with Crippen LogP contribution in [-0.4, -0.2) is 13.7 Å². The highest BCUT2D eigenvalue weighted by atomic mass is 32.1. The Morgan fingerprint density at radius 1 is 0.281 bits per heavy atom. The van der Waals surface area contributed by atoms with Crippen LogP contribution in [0.15, 0.2) is 224 Å². The minimum Gasteiger partial charge on any atom is -0.309 e. The molecule has 0 aliphatic rings. The molecule has 0 bridgehead atoms. The van der Waals surface area contributed by atoms with E-state index in [-0.39, 0.29) is 0 Å². The van der Waals surface area contributed by atoms with Gasteiger partial charge in [0.05, 0.1) is 38.8 Å². The van der Waals surface area contributed by atoms with Gasteiger partial charge in [-0.2, -0.15) is 0 Å². The van der Waals surface area contributed by atoms with Crippen molar-refractivity contribution >= 4 is 96.9 Å². The van der Waals surface area contributed by atoms with Crippen molar-refractivity contribution in [2.75, 3.05) is 0 Å². The van der Waals surface area contributed by atoms with Crippen LogP contribution in [0.5, 0.6) is 0 Å². The summed E-state index contributed by atoms with van der Waals surface area (Å²) < 4.78 is 9.97. The Hall–Kier alpha value is -8.18. The van der Waals surface area contributed by atoms with Crippen molar-refractivity contribution in [3.05, 3.63) is 224 Å². The maximum absolute atomic E-state index is 2.52. The van der Waals surface area contributed by atoms with Gasteiger partial charge in [-0.15, -0.1) is 11.3 Å². The van der Waals surface area contributed by atoms with Crippen molar-refractivity contribution in [2.45, 2.75) is 0 Å². The molecule has 4 aromatic heterocycles. The number of thiophene rings is 1. The monoisotopic (exact) mass is 831 g/mol. The van der Waals surface area contributed by atoms with Gasteiger partial charge in [-0.3, -0.25) is 0 Å². The smallest absolute Gasteiger partial charge is 0.0562 e. The van der Waals surface area contributed by atoms with Crippen LogP contribution in [0, 0.1) is 0 Å². The molecule has 14 rings (SSSR count). The summed E-state index contributed by atoms with van der Waals surface area (Å²) >= 11 is 1.90. The highest BCUT2D eigenvalue weighted by molar-refractivity contribution is 7.26. The number of fused-ring (bicyclic) bond motifs is 12. The van der Waals surface area contributed by atoms with E-state index in [0.717, 1.165) is 11.4 Å². The minimum absolute atomic E-state index is 1.13. The van der Waals surface area contributed by atoms with Gasteiger partial charge in [0.15, 0.2) is 0 Å². The number of aromatic nitrogens is 3. The first-order valence-corrected chi connectivity index (χ1v) is 22.7. The average molecular weight is 832 g/mol. The van der Waals surface area contributed by atoms with Gasteiger partial charge in [0.1, 0.15) is 0 Å². The van der Waals surface area contributed by atoms with E-state index in [0.29, 0.717) is 0 Å². The van der Waals surface area contributed by atoms with Crippen LogP contribution in [0.25, 0.3) is 125 Å². The summed E-state index contributed by atoms with van der Waals surface area (Å²) in [6, 6.07) is 82.6. The molecule has 0 radical (unpaired) electrons. The Labute approximate surface area is 372 Å². The van der Waals surface area contributed by atoms with Gasteiger partial charge in [0.25, 0.3) is 0 Å². The summed E-state index contributed by atoms with van der Waals surface area (Å²) in [7, 11) is 0. The molecule has 0 spiro atoms. The molecule has 0 aliphatic heterocycles. The lowest BCUT2D eigenvalue weighted by Crippen LogP contribution is -1.98. The fourth-order valence-electron chi connectivity index (χ4n) is 10.8. The normalized spacial score (nSPS) is 12.1. The molecular formula is C60H37N3S. The second-order valence-electron chi connectivity index (χ2n) is 16.8. The molecule has 298 valence electrons. The Kier molecular flexibility index (Phi) is 7.56. The van der Waals surface area contributed by atoms with Gasteiger partial charge < -0.3 is 13.7 Å². The van der Waals surface area contributed by atoms with E-state index < -0.39 is 0 Å². The van der Waals surface area contributed by atoms with Gasteiger partial charge in [-0.1, -0.05) is 158 Å². The lowest BCUT2D eigenvalue weighted by atomic mass is 9.93. The average Bonchev–Trinajstić information content (AvgIpc) is 4.10. The molecule has 0 unspecified atom stereocenters. The second-order valence-corrected chi connectivity index (χ2v) is 17.9. The third kappa shape index (κ3) is 5.03. The number of nitrogens with zero attached hydrogens (tertiary/aromatic N) is 3. The van der Waals surface area contributed by atoms with Crippen LogP contribution in [0.4, 0.5) is 0 Å². The van der Waals surface area contributed by atoms with Crippen molar-refractivity contribution < 1.29 is 0 Å². The SMILES string of the molecule is c1ccc(-c2ccccc2-c2cccc3c2sc2cccc(-n4c5ccccc5c5ccc(-n6c7ccccc7c7cc(-n8c9ccccc9c9ccccc98)ccc76)cc54)c23)cc1. The van der Waals surface area contributed by atoms with Crippen LogP contribution in [-0.2, 0) is 0 Å². The molecule has 0 amide bonds. The molecule has 10 aromatic carbocycles. The van der Waals surface area contributed by atoms with Crippen molar-refractivity contribution in [1.29, 1.82) is 0 Å². The van der Waals surface area contributed by atoms with Gasteiger partial charge >= 0.3 is 0 Å². The van der Waals surface area contributed by atoms with Gasteiger partial charge in [-0.05, 0) is 83.4 Å². The summed E-state index contributed by atoms with van der Waals surface area (Å²) in [5, 5.41) is 10.0.